The van der Waals surface area contributed by atoms with E-state index < -0.39 is 10.0 Å². The summed E-state index contributed by atoms with van der Waals surface area (Å²) in [4.78, 5) is 15.3. The lowest BCUT2D eigenvalue weighted by atomic mass is 10.0. The van der Waals surface area contributed by atoms with E-state index >= 15 is 0 Å². The number of hydrogen-bond acceptors (Lipinski definition) is 5. The number of rotatable bonds is 5. The Hall–Kier alpha value is -2.58. The summed E-state index contributed by atoms with van der Waals surface area (Å²) in [6.45, 7) is 2.98. The highest BCUT2D eigenvalue weighted by Gasteiger charge is 2.34. The van der Waals surface area contributed by atoms with E-state index in [0.717, 1.165) is 49.1 Å². The van der Waals surface area contributed by atoms with Crippen molar-refractivity contribution in [1.82, 2.24) is 4.31 Å². The molecule has 8 heteroatoms. The van der Waals surface area contributed by atoms with Crippen LogP contribution in [0.1, 0.15) is 48.5 Å². The quantitative estimate of drug-likeness (QED) is 0.680. The number of hydrogen-bond donors (Lipinski definition) is 0. The van der Waals surface area contributed by atoms with Crippen molar-refractivity contribution in [2.24, 2.45) is 0 Å². The number of anilines is 1. The number of carbonyl (C=O) groups excluding carboxylic acids is 1. The van der Waals surface area contributed by atoms with Crippen LogP contribution in [0.15, 0.2) is 41.3 Å². The first-order chi connectivity index (χ1) is 15.4. The van der Waals surface area contributed by atoms with Crippen LogP contribution in [-0.4, -0.2) is 52.0 Å². The molecule has 0 saturated carbocycles. The molecule has 32 heavy (non-hydrogen) atoms. The molecule has 0 spiro atoms. The third-order valence-electron chi connectivity index (χ3n) is 6.39. The first-order valence-electron chi connectivity index (χ1n) is 11.1. The highest BCUT2D eigenvalue weighted by atomic mass is 32.2. The lowest BCUT2D eigenvalue weighted by Gasteiger charge is -2.33. The fourth-order valence-electron chi connectivity index (χ4n) is 4.63. The number of ether oxygens (including phenoxy) is 2. The van der Waals surface area contributed by atoms with E-state index in [9.17, 15) is 13.2 Å². The predicted molar refractivity (Wildman–Crippen MR) is 123 cm³/mol. The van der Waals surface area contributed by atoms with E-state index in [-0.39, 0.29) is 22.6 Å². The van der Waals surface area contributed by atoms with Crippen molar-refractivity contribution >= 4 is 21.6 Å². The van der Waals surface area contributed by atoms with Gasteiger partial charge in [-0.05, 0) is 74.6 Å². The van der Waals surface area contributed by atoms with Crippen LogP contribution in [0.3, 0.4) is 0 Å². The minimum Gasteiger partial charge on any atom is -0.497 e. The molecule has 1 amide bonds. The molecule has 1 fully saturated rings. The van der Waals surface area contributed by atoms with Gasteiger partial charge in [0.15, 0.2) is 0 Å². The molecule has 1 saturated heterocycles. The van der Waals surface area contributed by atoms with Gasteiger partial charge < -0.3 is 14.4 Å². The normalized spacial score (nSPS) is 19.3. The highest BCUT2D eigenvalue weighted by Crippen LogP contribution is 2.34. The summed E-state index contributed by atoms with van der Waals surface area (Å²) in [5.41, 5.74) is 2.22. The summed E-state index contributed by atoms with van der Waals surface area (Å²) >= 11 is 0. The van der Waals surface area contributed by atoms with Gasteiger partial charge in [-0.25, -0.2) is 8.42 Å². The summed E-state index contributed by atoms with van der Waals surface area (Å²) in [6.07, 6.45) is 4.37. The molecule has 2 heterocycles. The first kappa shape index (κ1) is 22.6. The molecule has 4 rings (SSSR count). The van der Waals surface area contributed by atoms with Crippen molar-refractivity contribution in [2.45, 2.75) is 50.0 Å². The fourth-order valence-corrected chi connectivity index (χ4v) is 6.52. The Balaban J connectivity index is 1.71. The van der Waals surface area contributed by atoms with E-state index in [4.69, 9.17) is 9.47 Å². The van der Waals surface area contributed by atoms with Crippen molar-refractivity contribution < 1.29 is 22.7 Å². The number of piperidine rings is 1. The zero-order valence-electron chi connectivity index (χ0n) is 18.8. The number of fused-ring (bicyclic) bond motifs is 1. The molecular weight excluding hydrogens is 428 g/mol. The van der Waals surface area contributed by atoms with Crippen molar-refractivity contribution in [3.8, 4) is 11.5 Å². The number of aryl methyl sites for hydroxylation is 1. The Labute approximate surface area is 190 Å². The zero-order valence-corrected chi connectivity index (χ0v) is 19.7. The standard InChI is InChI=1S/C24H30N2O5S/c1-17-7-4-5-14-26(17)32(28,29)23-16-19(9-12-22(23)31-3)24(27)25-13-6-8-18-15-20(30-2)10-11-21(18)25/h9-12,15-17H,4-8,13-14H2,1-3H3. The maximum atomic E-state index is 13.5. The molecule has 172 valence electrons. The SMILES string of the molecule is COc1ccc2c(c1)CCCN2C(=O)c1ccc(OC)c(S(=O)(=O)N2CCCCC2C)c1. The average Bonchev–Trinajstić information content (AvgIpc) is 2.82. The molecule has 0 aromatic heterocycles. The lowest BCUT2D eigenvalue weighted by molar-refractivity contribution is 0.0985. The predicted octanol–water partition coefficient (Wildman–Crippen LogP) is 3.86. The van der Waals surface area contributed by atoms with Gasteiger partial charge in [-0.15, -0.1) is 0 Å². The summed E-state index contributed by atoms with van der Waals surface area (Å²) < 4.78 is 39.2. The second-order valence-corrected chi connectivity index (χ2v) is 10.2. The minimum atomic E-state index is -3.79. The molecule has 0 bridgehead atoms. The second kappa shape index (κ2) is 9.11. The van der Waals surface area contributed by atoms with E-state index in [0.29, 0.717) is 18.7 Å². The molecule has 0 aliphatic carbocycles. The van der Waals surface area contributed by atoms with Gasteiger partial charge in [0, 0.05) is 30.4 Å². The van der Waals surface area contributed by atoms with E-state index in [1.807, 2.05) is 25.1 Å². The number of sulfonamides is 1. The molecule has 7 nitrogen and oxygen atoms in total. The number of methoxy groups -OCH3 is 2. The third kappa shape index (κ3) is 4.09. The van der Waals surface area contributed by atoms with Crippen LogP contribution in [0.2, 0.25) is 0 Å². The summed E-state index contributed by atoms with van der Waals surface area (Å²) in [7, 11) is -0.720. The number of benzene rings is 2. The van der Waals surface area contributed by atoms with E-state index in [2.05, 4.69) is 0 Å². The Kier molecular flexibility index (Phi) is 6.44. The molecular formula is C24H30N2O5S. The fraction of sp³-hybridized carbons (Fsp3) is 0.458. The Morgan fingerprint density at radius 1 is 1.00 bits per heavy atom. The average molecular weight is 459 g/mol. The number of nitrogens with zero attached hydrogens (tertiary/aromatic N) is 2. The van der Waals surface area contributed by atoms with Crippen molar-refractivity contribution in [2.75, 3.05) is 32.2 Å². The Morgan fingerprint density at radius 3 is 2.53 bits per heavy atom. The molecule has 0 N–H and O–H groups in total. The van der Waals surface area contributed by atoms with Crippen molar-refractivity contribution in [3.63, 3.8) is 0 Å². The summed E-state index contributed by atoms with van der Waals surface area (Å²) in [5.74, 6) is 0.788. The van der Waals surface area contributed by atoms with Gasteiger partial charge in [-0.3, -0.25) is 4.79 Å². The topological polar surface area (TPSA) is 76.1 Å². The largest absolute Gasteiger partial charge is 0.497 e. The van der Waals surface area contributed by atoms with Crippen molar-refractivity contribution in [3.05, 3.63) is 47.5 Å². The van der Waals surface area contributed by atoms with Gasteiger partial charge in [0.1, 0.15) is 16.4 Å². The zero-order chi connectivity index (χ0) is 22.9. The van der Waals surface area contributed by atoms with Gasteiger partial charge in [0.25, 0.3) is 5.91 Å². The van der Waals surface area contributed by atoms with Crippen LogP contribution >= 0.6 is 0 Å². The maximum absolute atomic E-state index is 13.5. The van der Waals surface area contributed by atoms with Gasteiger partial charge in [0.05, 0.1) is 14.2 Å². The molecule has 2 aromatic rings. The molecule has 1 unspecified atom stereocenters. The van der Waals surface area contributed by atoms with Crippen LogP contribution in [0.5, 0.6) is 11.5 Å². The summed E-state index contributed by atoms with van der Waals surface area (Å²) in [6, 6.07) is 10.3. The summed E-state index contributed by atoms with van der Waals surface area (Å²) in [5, 5.41) is 0. The van der Waals surface area contributed by atoms with Crippen LogP contribution < -0.4 is 14.4 Å². The monoisotopic (exact) mass is 458 g/mol. The second-order valence-electron chi connectivity index (χ2n) is 8.38. The molecule has 2 aromatic carbocycles. The van der Waals surface area contributed by atoms with Crippen LogP contribution in [0.25, 0.3) is 0 Å². The highest BCUT2D eigenvalue weighted by molar-refractivity contribution is 7.89. The first-order valence-corrected chi connectivity index (χ1v) is 12.5. The third-order valence-corrected chi connectivity index (χ3v) is 8.42. The van der Waals surface area contributed by atoms with E-state index in [1.54, 1.807) is 24.1 Å². The molecule has 1 atom stereocenters. The minimum absolute atomic E-state index is 0.0477. The van der Waals surface area contributed by atoms with Crippen molar-refractivity contribution in [1.29, 1.82) is 0 Å². The van der Waals surface area contributed by atoms with Gasteiger partial charge in [-0.2, -0.15) is 4.31 Å². The lowest BCUT2D eigenvalue weighted by Crippen LogP contribution is -2.42. The van der Waals surface area contributed by atoms with Gasteiger partial charge >= 0.3 is 0 Å². The van der Waals surface area contributed by atoms with Gasteiger partial charge in [0.2, 0.25) is 10.0 Å². The number of carbonyl (C=O) groups is 1. The Morgan fingerprint density at radius 2 is 1.81 bits per heavy atom. The smallest absolute Gasteiger partial charge is 0.258 e. The number of amides is 1. The molecule has 0 radical (unpaired) electrons. The van der Waals surface area contributed by atoms with Gasteiger partial charge in [-0.1, -0.05) is 6.42 Å². The Bertz CT molecular complexity index is 1120. The van der Waals surface area contributed by atoms with Crippen LogP contribution in [0.4, 0.5) is 5.69 Å². The van der Waals surface area contributed by atoms with Crippen LogP contribution in [0, 0.1) is 0 Å². The van der Waals surface area contributed by atoms with Crippen LogP contribution in [-0.2, 0) is 16.4 Å². The van der Waals surface area contributed by atoms with E-state index in [1.165, 1.54) is 17.5 Å². The molecule has 2 aliphatic heterocycles. The molecule has 2 aliphatic rings. The maximum Gasteiger partial charge on any atom is 0.258 e.